The maximum atomic E-state index is 9.10. The second-order valence-corrected chi connectivity index (χ2v) is 11.1. The number of benzene rings is 1. The molecular formula is C30H37N3O4S. The van der Waals surface area contributed by atoms with E-state index in [0.29, 0.717) is 11.8 Å². The topological polar surface area (TPSA) is 117 Å². The molecule has 1 aliphatic heterocycles. The van der Waals surface area contributed by atoms with Crippen LogP contribution in [0.1, 0.15) is 62.1 Å². The number of carboxylic acids is 2. The molecule has 1 aromatic carbocycles. The minimum Gasteiger partial charge on any atom is -0.473 e. The highest BCUT2D eigenvalue weighted by Crippen LogP contribution is 2.35. The van der Waals surface area contributed by atoms with Gasteiger partial charge >= 0.3 is 11.9 Å². The first-order valence-electron chi connectivity index (χ1n) is 13.4. The van der Waals surface area contributed by atoms with E-state index in [1.165, 1.54) is 59.0 Å². The Balaban J connectivity index is 0.000000505. The van der Waals surface area contributed by atoms with Crippen molar-refractivity contribution >= 4 is 38.9 Å². The number of carboxylic acid groups (broad SMARTS) is 2. The summed E-state index contributed by atoms with van der Waals surface area (Å²) in [6, 6.07) is 15.5. The molecule has 0 saturated heterocycles. The average molecular weight is 536 g/mol. The van der Waals surface area contributed by atoms with Crippen molar-refractivity contribution in [3.8, 4) is 0 Å². The molecular weight excluding hydrogens is 498 g/mol. The number of aromatic nitrogens is 1. The van der Waals surface area contributed by atoms with Gasteiger partial charge in [0.05, 0.1) is 0 Å². The average Bonchev–Trinajstić information content (AvgIpc) is 3.44. The van der Waals surface area contributed by atoms with Gasteiger partial charge in [0, 0.05) is 41.6 Å². The first-order chi connectivity index (χ1) is 18.4. The van der Waals surface area contributed by atoms with Gasteiger partial charge in [-0.1, -0.05) is 49.6 Å². The molecule has 1 saturated carbocycles. The van der Waals surface area contributed by atoms with Crippen LogP contribution in [-0.4, -0.2) is 57.7 Å². The molecule has 2 aliphatic rings. The number of nitrogens with zero attached hydrogens (tertiary/aromatic N) is 2. The van der Waals surface area contributed by atoms with Crippen LogP contribution in [0.15, 0.2) is 60.1 Å². The lowest BCUT2D eigenvalue weighted by molar-refractivity contribution is -0.159. The van der Waals surface area contributed by atoms with Gasteiger partial charge in [-0.15, -0.1) is 11.3 Å². The maximum absolute atomic E-state index is 9.10. The Hall–Kier alpha value is -3.07. The number of thiophene rings is 1. The first-order valence-corrected chi connectivity index (χ1v) is 14.3. The van der Waals surface area contributed by atoms with Gasteiger partial charge in [-0.3, -0.25) is 9.88 Å². The van der Waals surface area contributed by atoms with Crippen molar-refractivity contribution in [2.75, 3.05) is 19.6 Å². The van der Waals surface area contributed by atoms with Crippen LogP contribution in [-0.2, 0) is 9.59 Å². The van der Waals surface area contributed by atoms with Crippen LogP contribution in [0.4, 0.5) is 0 Å². The lowest BCUT2D eigenvalue weighted by Gasteiger charge is -2.35. The number of hydrogen-bond acceptors (Lipinski definition) is 6. The van der Waals surface area contributed by atoms with Gasteiger partial charge < -0.3 is 15.9 Å². The predicted molar refractivity (Wildman–Crippen MR) is 152 cm³/mol. The third-order valence-electron chi connectivity index (χ3n) is 7.78. The van der Waals surface area contributed by atoms with Crippen LogP contribution in [0.3, 0.4) is 0 Å². The van der Waals surface area contributed by atoms with Gasteiger partial charge in [-0.05, 0) is 78.2 Å². The van der Waals surface area contributed by atoms with Crippen LogP contribution in [0.5, 0.6) is 0 Å². The van der Waals surface area contributed by atoms with Crippen molar-refractivity contribution in [2.24, 2.45) is 11.7 Å². The SMILES string of the molecule is NC(C1CCCCC1)C(CCN1CC=C(c2cccc3ccsc23)CC1)c1ccccn1.O=C(O)C(=O)O. The molecule has 0 bridgehead atoms. The summed E-state index contributed by atoms with van der Waals surface area (Å²) in [7, 11) is 0. The van der Waals surface area contributed by atoms with E-state index in [0.717, 1.165) is 32.5 Å². The summed E-state index contributed by atoms with van der Waals surface area (Å²) in [6.45, 7) is 3.25. The number of hydrogen-bond donors (Lipinski definition) is 3. The fraction of sp³-hybridized carbons (Fsp3) is 0.433. The van der Waals surface area contributed by atoms with Gasteiger partial charge in [-0.2, -0.15) is 0 Å². The minimum atomic E-state index is -1.82. The van der Waals surface area contributed by atoms with Crippen molar-refractivity contribution in [1.82, 2.24) is 9.88 Å². The van der Waals surface area contributed by atoms with Crippen molar-refractivity contribution in [3.05, 3.63) is 71.4 Å². The van der Waals surface area contributed by atoms with E-state index in [9.17, 15) is 0 Å². The minimum absolute atomic E-state index is 0.220. The molecule has 2 atom stereocenters. The molecule has 0 amide bonds. The quantitative estimate of drug-likeness (QED) is 0.336. The largest absolute Gasteiger partial charge is 0.473 e. The standard InChI is InChI=1S/C28H35N3S.C2H2O4/c29-27(22-7-2-1-3-8-22)25(26-11-4-5-16-30-26)14-19-31-17-12-21(13-18-31)24-10-6-9-23-15-20-32-28(23)24;3-1(4)2(5)6/h4-6,9-12,15-16,20,22,25,27H,1-3,7-8,13-14,17-19,29H2;(H,3,4)(H,5,6). The Labute approximate surface area is 228 Å². The highest BCUT2D eigenvalue weighted by atomic mass is 32.1. The lowest BCUT2D eigenvalue weighted by Crippen LogP contribution is -2.40. The molecule has 0 radical (unpaired) electrons. The fourth-order valence-electron chi connectivity index (χ4n) is 5.71. The van der Waals surface area contributed by atoms with Crippen molar-refractivity contribution in [3.63, 3.8) is 0 Å². The second kappa shape index (κ2) is 13.6. The van der Waals surface area contributed by atoms with Gasteiger partial charge in [0.15, 0.2) is 0 Å². The molecule has 202 valence electrons. The zero-order chi connectivity index (χ0) is 26.9. The summed E-state index contributed by atoms with van der Waals surface area (Å²) in [6.07, 6.45) is 13.2. The van der Waals surface area contributed by atoms with Crippen molar-refractivity contribution < 1.29 is 19.8 Å². The number of pyridine rings is 1. The Morgan fingerprint density at radius 1 is 1.05 bits per heavy atom. The number of fused-ring (bicyclic) bond motifs is 1. The van der Waals surface area contributed by atoms with Crippen LogP contribution < -0.4 is 5.73 Å². The van der Waals surface area contributed by atoms with Crippen LogP contribution in [0.25, 0.3) is 15.7 Å². The Morgan fingerprint density at radius 2 is 1.84 bits per heavy atom. The molecule has 0 spiro atoms. The normalized spacial score (nSPS) is 18.2. The van der Waals surface area contributed by atoms with E-state index >= 15 is 0 Å². The van der Waals surface area contributed by atoms with E-state index in [2.05, 4.69) is 52.8 Å². The van der Waals surface area contributed by atoms with Gasteiger partial charge in [-0.25, -0.2) is 9.59 Å². The third kappa shape index (κ3) is 7.28. The summed E-state index contributed by atoms with van der Waals surface area (Å²) in [5, 5.41) is 18.4. The molecule has 38 heavy (non-hydrogen) atoms. The predicted octanol–water partition coefficient (Wildman–Crippen LogP) is 5.62. The van der Waals surface area contributed by atoms with Gasteiger partial charge in [0.1, 0.15) is 0 Å². The summed E-state index contributed by atoms with van der Waals surface area (Å²) >= 11 is 1.86. The first kappa shape index (κ1) is 28.0. The van der Waals surface area contributed by atoms with E-state index in [4.69, 9.17) is 30.5 Å². The number of rotatable bonds is 7. The highest BCUT2D eigenvalue weighted by molar-refractivity contribution is 7.17. The van der Waals surface area contributed by atoms with E-state index in [-0.39, 0.29) is 6.04 Å². The van der Waals surface area contributed by atoms with E-state index in [1.807, 2.05) is 23.6 Å². The highest BCUT2D eigenvalue weighted by Gasteiger charge is 2.30. The molecule has 3 aromatic rings. The smallest absolute Gasteiger partial charge is 0.414 e. The molecule has 7 nitrogen and oxygen atoms in total. The summed E-state index contributed by atoms with van der Waals surface area (Å²) in [4.78, 5) is 25.5. The monoisotopic (exact) mass is 535 g/mol. The molecule has 3 heterocycles. The summed E-state index contributed by atoms with van der Waals surface area (Å²) < 4.78 is 1.43. The number of carbonyl (C=O) groups is 2. The second-order valence-electron chi connectivity index (χ2n) is 10.2. The summed E-state index contributed by atoms with van der Waals surface area (Å²) in [5.74, 6) is -2.65. The van der Waals surface area contributed by atoms with E-state index < -0.39 is 11.9 Å². The van der Waals surface area contributed by atoms with Crippen LogP contribution >= 0.6 is 11.3 Å². The van der Waals surface area contributed by atoms with Crippen LogP contribution in [0, 0.1) is 5.92 Å². The zero-order valence-corrected chi connectivity index (χ0v) is 22.5. The zero-order valence-electron chi connectivity index (χ0n) is 21.7. The van der Waals surface area contributed by atoms with Gasteiger partial charge in [0.2, 0.25) is 0 Å². The lowest BCUT2D eigenvalue weighted by atomic mass is 9.77. The summed E-state index contributed by atoms with van der Waals surface area (Å²) in [5.41, 5.74) is 11.0. The maximum Gasteiger partial charge on any atom is 0.414 e. The molecule has 4 N–H and O–H groups in total. The molecule has 2 unspecified atom stereocenters. The molecule has 2 aromatic heterocycles. The molecule has 1 fully saturated rings. The number of nitrogens with two attached hydrogens (primary N) is 1. The van der Waals surface area contributed by atoms with Crippen molar-refractivity contribution in [2.45, 2.75) is 56.9 Å². The Kier molecular flexibility index (Phi) is 10.0. The van der Waals surface area contributed by atoms with Crippen molar-refractivity contribution in [1.29, 1.82) is 0 Å². The number of aliphatic carboxylic acids is 2. The Bertz CT molecular complexity index is 1220. The molecule has 8 heteroatoms. The van der Waals surface area contributed by atoms with Gasteiger partial charge in [0.25, 0.3) is 0 Å². The Morgan fingerprint density at radius 3 is 2.50 bits per heavy atom. The van der Waals surface area contributed by atoms with Crippen LogP contribution in [0.2, 0.25) is 0 Å². The molecule has 1 aliphatic carbocycles. The molecule has 5 rings (SSSR count). The van der Waals surface area contributed by atoms with E-state index in [1.54, 1.807) is 0 Å². The fourth-order valence-corrected chi connectivity index (χ4v) is 6.66. The third-order valence-corrected chi connectivity index (χ3v) is 8.75.